The van der Waals surface area contributed by atoms with Gasteiger partial charge in [0.25, 0.3) is 5.91 Å². The minimum absolute atomic E-state index is 0.128. The minimum atomic E-state index is -0.712. The van der Waals surface area contributed by atoms with Crippen LogP contribution in [0.25, 0.3) is 0 Å². The number of carbonyl (C=O) groups is 2. The second-order valence-electron chi connectivity index (χ2n) is 5.97. The van der Waals surface area contributed by atoms with E-state index in [4.69, 9.17) is 18.9 Å². The van der Waals surface area contributed by atoms with Crippen LogP contribution in [-0.2, 0) is 9.53 Å². The molecule has 8 nitrogen and oxygen atoms in total. The molecule has 1 amide bonds. The molecule has 0 saturated heterocycles. The van der Waals surface area contributed by atoms with Gasteiger partial charge in [-0.3, -0.25) is 4.79 Å². The standard InChI is InChI=1S/C20H24N2O6/c1-22(2)14-8-6-13(7-9-14)21-19(23)12-28-20(24)15-10-17(26-4)18(27-5)11-16(15)25-3/h6-11H,12H2,1-5H3,(H,21,23). The van der Waals surface area contributed by atoms with E-state index in [1.165, 1.54) is 33.5 Å². The Morgan fingerprint density at radius 3 is 2.00 bits per heavy atom. The fourth-order valence-electron chi connectivity index (χ4n) is 2.44. The van der Waals surface area contributed by atoms with E-state index in [0.29, 0.717) is 17.2 Å². The molecule has 2 rings (SSSR count). The second-order valence-corrected chi connectivity index (χ2v) is 5.97. The number of anilines is 2. The van der Waals surface area contributed by atoms with Gasteiger partial charge in [0, 0.05) is 37.6 Å². The molecule has 0 atom stereocenters. The van der Waals surface area contributed by atoms with Crippen molar-refractivity contribution in [3.63, 3.8) is 0 Å². The van der Waals surface area contributed by atoms with Gasteiger partial charge >= 0.3 is 5.97 Å². The van der Waals surface area contributed by atoms with Crippen molar-refractivity contribution < 1.29 is 28.5 Å². The first-order chi connectivity index (χ1) is 13.4. The van der Waals surface area contributed by atoms with Crippen LogP contribution < -0.4 is 24.4 Å². The van der Waals surface area contributed by atoms with Gasteiger partial charge in [-0.25, -0.2) is 4.79 Å². The van der Waals surface area contributed by atoms with Crippen LogP contribution in [0.2, 0.25) is 0 Å². The molecule has 0 spiro atoms. The van der Waals surface area contributed by atoms with E-state index in [2.05, 4.69) is 5.32 Å². The maximum atomic E-state index is 12.4. The van der Waals surface area contributed by atoms with Gasteiger partial charge in [-0.15, -0.1) is 0 Å². The van der Waals surface area contributed by atoms with E-state index < -0.39 is 18.5 Å². The molecule has 0 fully saturated rings. The molecular formula is C20H24N2O6. The van der Waals surface area contributed by atoms with Gasteiger partial charge in [0.2, 0.25) is 0 Å². The summed E-state index contributed by atoms with van der Waals surface area (Å²) < 4.78 is 20.7. The van der Waals surface area contributed by atoms with Gasteiger partial charge in [-0.2, -0.15) is 0 Å². The van der Waals surface area contributed by atoms with E-state index in [0.717, 1.165) is 5.69 Å². The molecule has 0 aliphatic heterocycles. The molecule has 0 aliphatic rings. The number of nitrogens with zero attached hydrogens (tertiary/aromatic N) is 1. The van der Waals surface area contributed by atoms with Crippen molar-refractivity contribution in [3.8, 4) is 17.2 Å². The maximum absolute atomic E-state index is 12.4. The van der Waals surface area contributed by atoms with Crippen molar-refractivity contribution in [2.24, 2.45) is 0 Å². The molecular weight excluding hydrogens is 364 g/mol. The SMILES string of the molecule is COc1cc(OC)c(C(=O)OCC(=O)Nc2ccc(N(C)C)cc2)cc1OC. The fraction of sp³-hybridized carbons (Fsp3) is 0.300. The summed E-state index contributed by atoms with van der Waals surface area (Å²) in [6, 6.07) is 10.2. The van der Waals surface area contributed by atoms with Crippen molar-refractivity contribution in [3.05, 3.63) is 42.0 Å². The molecule has 0 saturated carbocycles. The van der Waals surface area contributed by atoms with Crippen LogP contribution in [0.15, 0.2) is 36.4 Å². The first-order valence-corrected chi connectivity index (χ1v) is 8.44. The summed E-state index contributed by atoms with van der Waals surface area (Å²) in [4.78, 5) is 26.4. The molecule has 28 heavy (non-hydrogen) atoms. The predicted octanol–water partition coefficient (Wildman–Crippen LogP) is 2.57. The molecule has 0 bridgehead atoms. The highest BCUT2D eigenvalue weighted by molar-refractivity contribution is 5.97. The Bertz CT molecular complexity index is 833. The van der Waals surface area contributed by atoms with Crippen LogP contribution in [0.5, 0.6) is 17.2 Å². The molecule has 8 heteroatoms. The van der Waals surface area contributed by atoms with E-state index in [1.54, 1.807) is 12.1 Å². The lowest BCUT2D eigenvalue weighted by Gasteiger charge is -2.14. The third-order valence-electron chi connectivity index (χ3n) is 3.93. The van der Waals surface area contributed by atoms with E-state index in [9.17, 15) is 9.59 Å². The number of hydrogen-bond donors (Lipinski definition) is 1. The quantitative estimate of drug-likeness (QED) is 0.696. The first kappa shape index (κ1) is 20.9. The zero-order chi connectivity index (χ0) is 20.7. The highest BCUT2D eigenvalue weighted by atomic mass is 16.5. The lowest BCUT2D eigenvalue weighted by atomic mass is 10.1. The number of ether oxygens (including phenoxy) is 4. The summed E-state index contributed by atoms with van der Waals surface area (Å²) in [6.45, 7) is -0.439. The third kappa shape index (κ3) is 5.06. The van der Waals surface area contributed by atoms with Crippen molar-refractivity contribution in [1.29, 1.82) is 0 Å². The molecule has 0 heterocycles. The Morgan fingerprint density at radius 2 is 1.46 bits per heavy atom. The van der Waals surface area contributed by atoms with Gasteiger partial charge in [0.05, 0.1) is 21.3 Å². The van der Waals surface area contributed by atoms with E-state index in [1.807, 2.05) is 31.1 Å². The van der Waals surface area contributed by atoms with Gasteiger partial charge in [0.1, 0.15) is 11.3 Å². The van der Waals surface area contributed by atoms with Gasteiger partial charge in [-0.05, 0) is 24.3 Å². The molecule has 2 aromatic carbocycles. The predicted molar refractivity (Wildman–Crippen MR) is 106 cm³/mol. The van der Waals surface area contributed by atoms with Crippen molar-refractivity contribution >= 4 is 23.3 Å². The third-order valence-corrected chi connectivity index (χ3v) is 3.93. The zero-order valence-corrected chi connectivity index (χ0v) is 16.6. The summed E-state index contributed by atoms with van der Waals surface area (Å²) >= 11 is 0. The Balaban J connectivity index is 2.02. The molecule has 1 N–H and O–H groups in total. The lowest BCUT2D eigenvalue weighted by Crippen LogP contribution is -2.21. The average molecular weight is 388 g/mol. The lowest BCUT2D eigenvalue weighted by molar-refractivity contribution is -0.119. The van der Waals surface area contributed by atoms with Crippen LogP contribution >= 0.6 is 0 Å². The van der Waals surface area contributed by atoms with Crippen LogP contribution in [0.1, 0.15) is 10.4 Å². The fourth-order valence-corrected chi connectivity index (χ4v) is 2.44. The highest BCUT2D eigenvalue weighted by Crippen LogP contribution is 2.34. The van der Waals surface area contributed by atoms with Gasteiger partial charge < -0.3 is 29.2 Å². The number of hydrogen-bond acceptors (Lipinski definition) is 7. The van der Waals surface area contributed by atoms with Crippen LogP contribution in [-0.4, -0.2) is 53.9 Å². The van der Waals surface area contributed by atoms with Crippen LogP contribution in [0.3, 0.4) is 0 Å². The number of rotatable bonds is 8. The van der Waals surface area contributed by atoms with E-state index >= 15 is 0 Å². The number of benzene rings is 2. The summed E-state index contributed by atoms with van der Waals surface area (Å²) in [5.74, 6) is -0.154. The van der Waals surface area contributed by atoms with Crippen molar-refractivity contribution in [2.45, 2.75) is 0 Å². The minimum Gasteiger partial charge on any atom is -0.496 e. The second kappa shape index (κ2) is 9.50. The number of nitrogens with one attached hydrogen (secondary N) is 1. The zero-order valence-electron chi connectivity index (χ0n) is 16.6. The number of carbonyl (C=O) groups excluding carboxylic acids is 2. The highest BCUT2D eigenvalue weighted by Gasteiger charge is 2.20. The maximum Gasteiger partial charge on any atom is 0.342 e. The molecule has 0 aliphatic carbocycles. The number of methoxy groups -OCH3 is 3. The molecule has 2 aromatic rings. The topological polar surface area (TPSA) is 86.3 Å². The molecule has 0 unspecified atom stereocenters. The number of amides is 1. The normalized spacial score (nSPS) is 10.0. The smallest absolute Gasteiger partial charge is 0.342 e. The monoisotopic (exact) mass is 388 g/mol. The summed E-state index contributed by atoms with van der Waals surface area (Å²) in [6.07, 6.45) is 0. The molecule has 150 valence electrons. The van der Waals surface area contributed by atoms with Crippen molar-refractivity contribution in [1.82, 2.24) is 0 Å². The molecule has 0 aromatic heterocycles. The largest absolute Gasteiger partial charge is 0.496 e. The van der Waals surface area contributed by atoms with Gasteiger partial charge in [-0.1, -0.05) is 0 Å². The Morgan fingerprint density at radius 1 is 0.893 bits per heavy atom. The Hall–Kier alpha value is -3.42. The summed E-state index contributed by atoms with van der Waals surface area (Å²) in [5, 5.41) is 2.67. The molecule has 0 radical (unpaired) electrons. The first-order valence-electron chi connectivity index (χ1n) is 8.44. The van der Waals surface area contributed by atoms with Gasteiger partial charge in [0.15, 0.2) is 18.1 Å². The van der Waals surface area contributed by atoms with Crippen molar-refractivity contribution in [2.75, 3.05) is 52.2 Å². The average Bonchev–Trinajstić information content (AvgIpc) is 2.71. The van der Waals surface area contributed by atoms with E-state index in [-0.39, 0.29) is 11.3 Å². The Labute approximate surface area is 163 Å². The Kier molecular flexibility index (Phi) is 7.08. The van der Waals surface area contributed by atoms with Crippen LogP contribution in [0.4, 0.5) is 11.4 Å². The summed E-state index contributed by atoms with van der Waals surface area (Å²) in [7, 11) is 8.20. The van der Waals surface area contributed by atoms with Crippen LogP contribution in [0, 0.1) is 0 Å². The summed E-state index contributed by atoms with van der Waals surface area (Å²) in [5.41, 5.74) is 1.74. The number of esters is 1.